The third-order valence-electron chi connectivity index (χ3n) is 3.26. The molecular formula is C16H13NO3. The number of hydrogen-bond donors (Lipinski definition) is 2. The third kappa shape index (κ3) is 2.01. The number of carboxylic acid groups (broad SMARTS) is 1. The largest absolute Gasteiger partial charge is 0.495 e. The summed E-state index contributed by atoms with van der Waals surface area (Å²) in [7, 11) is 1.63. The van der Waals surface area contributed by atoms with Crippen molar-refractivity contribution < 1.29 is 14.6 Å². The average molecular weight is 267 g/mol. The molecule has 1 aromatic heterocycles. The summed E-state index contributed by atoms with van der Waals surface area (Å²) in [5.41, 5.74) is 2.88. The number of hydrogen-bond acceptors (Lipinski definition) is 2. The molecule has 0 aliphatic rings. The number of H-pyrrole nitrogens is 1. The molecule has 20 heavy (non-hydrogen) atoms. The van der Waals surface area contributed by atoms with Crippen LogP contribution >= 0.6 is 0 Å². The number of ether oxygens (including phenoxy) is 1. The zero-order valence-corrected chi connectivity index (χ0v) is 10.9. The van der Waals surface area contributed by atoms with Crippen LogP contribution in [0.4, 0.5) is 0 Å². The van der Waals surface area contributed by atoms with Crippen molar-refractivity contribution in [1.29, 1.82) is 0 Å². The van der Waals surface area contributed by atoms with Gasteiger partial charge in [0.25, 0.3) is 0 Å². The van der Waals surface area contributed by atoms with Gasteiger partial charge in [-0.3, -0.25) is 0 Å². The van der Waals surface area contributed by atoms with E-state index >= 15 is 0 Å². The van der Waals surface area contributed by atoms with Crippen molar-refractivity contribution in [1.82, 2.24) is 4.98 Å². The molecule has 3 aromatic rings. The summed E-state index contributed by atoms with van der Waals surface area (Å²) >= 11 is 0. The van der Waals surface area contributed by atoms with Gasteiger partial charge in [-0.25, -0.2) is 4.79 Å². The molecule has 3 rings (SSSR count). The second kappa shape index (κ2) is 4.74. The molecule has 0 atom stereocenters. The van der Waals surface area contributed by atoms with E-state index in [9.17, 15) is 4.79 Å². The van der Waals surface area contributed by atoms with E-state index in [1.165, 1.54) is 0 Å². The summed E-state index contributed by atoms with van der Waals surface area (Å²) in [5.74, 6) is -0.163. The van der Waals surface area contributed by atoms with Gasteiger partial charge in [0.1, 0.15) is 5.75 Å². The topological polar surface area (TPSA) is 62.3 Å². The van der Waals surface area contributed by atoms with E-state index in [1.807, 2.05) is 30.3 Å². The fourth-order valence-electron chi connectivity index (χ4n) is 2.27. The Balaban J connectivity index is 2.15. The minimum atomic E-state index is -0.930. The minimum Gasteiger partial charge on any atom is -0.495 e. The van der Waals surface area contributed by atoms with Gasteiger partial charge in [0, 0.05) is 11.1 Å². The molecule has 2 N–H and O–H groups in total. The first-order chi connectivity index (χ1) is 9.69. The molecule has 0 unspecified atom stereocenters. The Morgan fingerprint density at radius 2 is 1.95 bits per heavy atom. The first-order valence-corrected chi connectivity index (χ1v) is 6.18. The highest BCUT2D eigenvalue weighted by atomic mass is 16.5. The van der Waals surface area contributed by atoms with Gasteiger partial charge in [0.15, 0.2) is 0 Å². The van der Waals surface area contributed by atoms with E-state index in [1.54, 1.807) is 25.3 Å². The van der Waals surface area contributed by atoms with Crippen LogP contribution < -0.4 is 4.74 Å². The maximum Gasteiger partial charge on any atom is 0.335 e. The molecule has 0 fully saturated rings. The van der Waals surface area contributed by atoms with Crippen LogP contribution in [0.1, 0.15) is 10.4 Å². The fraction of sp³-hybridized carbons (Fsp3) is 0.0625. The predicted octanol–water partition coefficient (Wildman–Crippen LogP) is 3.54. The van der Waals surface area contributed by atoms with E-state index in [2.05, 4.69) is 4.98 Å². The molecule has 100 valence electrons. The third-order valence-corrected chi connectivity index (χ3v) is 3.26. The SMILES string of the molecule is COc1cccc2cc(-c3cccc(C(=O)O)c3)[nH]c12. The Morgan fingerprint density at radius 3 is 2.70 bits per heavy atom. The van der Waals surface area contributed by atoms with E-state index in [0.717, 1.165) is 27.9 Å². The Hall–Kier alpha value is -2.75. The minimum absolute atomic E-state index is 0.271. The van der Waals surface area contributed by atoms with Crippen molar-refractivity contribution in [3.8, 4) is 17.0 Å². The van der Waals surface area contributed by atoms with Crippen LogP contribution in [0.15, 0.2) is 48.5 Å². The standard InChI is InChI=1S/C16H13NO3/c1-20-14-7-3-5-11-9-13(17-15(11)14)10-4-2-6-12(8-10)16(18)19/h2-9,17H,1H3,(H,18,19). The molecule has 0 radical (unpaired) electrons. The number of rotatable bonds is 3. The molecule has 0 amide bonds. The van der Waals surface area contributed by atoms with Crippen LogP contribution in [0.2, 0.25) is 0 Å². The number of aromatic amines is 1. The molecule has 0 bridgehead atoms. The average Bonchev–Trinajstić information content (AvgIpc) is 2.91. The lowest BCUT2D eigenvalue weighted by Gasteiger charge is -2.01. The van der Waals surface area contributed by atoms with Crippen molar-refractivity contribution in [2.24, 2.45) is 0 Å². The summed E-state index contributed by atoms with van der Waals surface area (Å²) in [6, 6.07) is 14.6. The molecule has 4 nitrogen and oxygen atoms in total. The molecule has 0 saturated carbocycles. The van der Waals surface area contributed by atoms with Crippen LogP contribution in [0.5, 0.6) is 5.75 Å². The van der Waals surface area contributed by atoms with Gasteiger partial charge < -0.3 is 14.8 Å². The number of methoxy groups -OCH3 is 1. The highest BCUT2D eigenvalue weighted by Gasteiger charge is 2.09. The lowest BCUT2D eigenvalue weighted by atomic mass is 10.1. The van der Waals surface area contributed by atoms with Crippen LogP contribution in [0.25, 0.3) is 22.2 Å². The lowest BCUT2D eigenvalue weighted by Crippen LogP contribution is -1.95. The molecule has 0 aliphatic heterocycles. The van der Waals surface area contributed by atoms with Crippen LogP contribution in [-0.4, -0.2) is 23.2 Å². The van der Waals surface area contributed by atoms with Crippen LogP contribution in [0.3, 0.4) is 0 Å². The summed E-state index contributed by atoms with van der Waals surface area (Å²) in [5, 5.41) is 10.1. The first-order valence-electron chi connectivity index (χ1n) is 6.18. The Morgan fingerprint density at radius 1 is 1.15 bits per heavy atom. The normalized spacial score (nSPS) is 10.7. The van der Waals surface area contributed by atoms with E-state index < -0.39 is 5.97 Å². The predicted molar refractivity (Wildman–Crippen MR) is 77.2 cm³/mol. The smallest absolute Gasteiger partial charge is 0.335 e. The molecule has 0 aliphatic carbocycles. The Kier molecular flexibility index (Phi) is 2.91. The fourth-order valence-corrected chi connectivity index (χ4v) is 2.27. The van der Waals surface area contributed by atoms with Gasteiger partial charge in [0.2, 0.25) is 0 Å². The van der Waals surface area contributed by atoms with Crippen molar-refractivity contribution in [3.63, 3.8) is 0 Å². The molecule has 1 heterocycles. The molecule has 4 heteroatoms. The number of nitrogens with one attached hydrogen (secondary N) is 1. The second-order valence-corrected chi connectivity index (χ2v) is 4.49. The molecule has 0 saturated heterocycles. The maximum absolute atomic E-state index is 11.0. The van der Waals surface area contributed by atoms with E-state index in [0.29, 0.717) is 0 Å². The van der Waals surface area contributed by atoms with Gasteiger partial charge >= 0.3 is 5.97 Å². The van der Waals surface area contributed by atoms with Gasteiger partial charge in [-0.15, -0.1) is 0 Å². The summed E-state index contributed by atoms with van der Waals surface area (Å²) in [6.45, 7) is 0. The molecular weight excluding hydrogens is 254 g/mol. The summed E-state index contributed by atoms with van der Waals surface area (Å²) in [6.07, 6.45) is 0. The quantitative estimate of drug-likeness (QED) is 0.763. The summed E-state index contributed by atoms with van der Waals surface area (Å²) < 4.78 is 5.31. The number of para-hydroxylation sites is 1. The zero-order valence-electron chi connectivity index (χ0n) is 10.9. The molecule has 2 aromatic carbocycles. The van der Waals surface area contributed by atoms with Crippen molar-refractivity contribution in [2.75, 3.05) is 7.11 Å². The van der Waals surface area contributed by atoms with Crippen molar-refractivity contribution >= 4 is 16.9 Å². The monoisotopic (exact) mass is 267 g/mol. The highest BCUT2D eigenvalue weighted by molar-refractivity contribution is 5.92. The highest BCUT2D eigenvalue weighted by Crippen LogP contribution is 2.30. The van der Waals surface area contributed by atoms with E-state index in [4.69, 9.17) is 9.84 Å². The lowest BCUT2D eigenvalue weighted by molar-refractivity contribution is 0.0697. The van der Waals surface area contributed by atoms with E-state index in [-0.39, 0.29) is 5.56 Å². The second-order valence-electron chi connectivity index (χ2n) is 4.49. The Bertz CT molecular complexity index is 789. The number of fused-ring (bicyclic) bond motifs is 1. The van der Waals surface area contributed by atoms with Gasteiger partial charge in [0.05, 0.1) is 18.2 Å². The van der Waals surface area contributed by atoms with Gasteiger partial charge in [-0.05, 0) is 29.8 Å². The number of carbonyl (C=O) groups is 1. The van der Waals surface area contributed by atoms with Gasteiger partial charge in [-0.1, -0.05) is 24.3 Å². The number of benzene rings is 2. The van der Waals surface area contributed by atoms with Crippen molar-refractivity contribution in [3.05, 3.63) is 54.1 Å². The number of aromatic nitrogens is 1. The van der Waals surface area contributed by atoms with Gasteiger partial charge in [-0.2, -0.15) is 0 Å². The maximum atomic E-state index is 11.0. The summed E-state index contributed by atoms with van der Waals surface area (Å²) in [4.78, 5) is 14.3. The first kappa shape index (κ1) is 12.3. The Labute approximate surface area is 115 Å². The molecule has 0 spiro atoms. The van der Waals surface area contributed by atoms with Crippen molar-refractivity contribution in [2.45, 2.75) is 0 Å². The van der Waals surface area contributed by atoms with Crippen LogP contribution in [0, 0.1) is 0 Å². The number of carboxylic acids is 1. The van der Waals surface area contributed by atoms with Crippen LogP contribution in [-0.2, 0) is 0 Å². The zero-order chi connectivity index (χ0) is 14.1. The number of aromatic carboxylic acids is 1.